The van der Waals surface area contributed by atoms with Crippen molar-refractivity contribution < 1.29 is 9.53 Å². The second-order valence-electron chi connectivity index (χ2n) is 7.53. The maximum Gasteiger partial charge on any atom is 0.251 e. The molecule has 0 bridgehead atoms. The second kappa shape index (κ2) is 9.56. The fourth-order valence-electron chi connectivity index (χ4n) is 3.34. The van der Waals surface area contributed by atoms with Crippen LogP contribution in [0, 0.1) is 6.92 Å². The molecule has 1 atom stereocenters. The van der Waals surface area contributed by atoms with E-state index >= 15 is 0 Å². The van der Waals surface area contributed by atoms with E-state index < -0.39 is 0 Å². The van der Waals surface area contributed by atoms with Crippen molar-refractivity contribution in [1.82, 2.24) is 10.2 Å². The van der Waals surface area contributed by atoms with Crippen LogP contribution in [0.3, 0.4) is 0 Å². The Kier molecular flexibility index (Phi) is 6.88. The molecule has 2 aromatic carbocycles. The van der Waals surface area contributed by atoms with Crippen LogP contribution in [0.15, 0.2) is 48.5 Å². The van der Waals surface area contributed by atoms with E-state index in [4.69, 9.17) is 4.74 Å². The monoisotopic (exact) mass is 366 g/mol. The van der Waals surface area contributed by atoms with Crippen molar-refractivity contribution in [3.8, 4) is 5.75 Å². The van der Waals surface area contributed by atoms with E-state index in [-0.39, 0.29) is 11.9 Å². The number of carbonyl (C=O) groups excluding carboxylic acids is 1. The molecular weight excluding hydrogens is 336 g/mol. The summed E-state index contributed by atoms with van der Waals surface area (Å²) in [6, 6.07) is 15.8. The number of nitrogens with zero attached hydrogens (tertiary/aromatic N) is 1. The molecule has 0 spiro atoms. The summed E-state index contributed by atoms with van der Waals surface area (Å²) >= 11 is 0. The zero-order valence-corrected chi connectivity index (χ0v) is 16.4. The maximum atomic E-state index is 12.4. The average molecular weight is 367 g/mol. The average Bonchev–Trinajstić information content (AvgIpc) is 2.69. The first-order valence-corrected chi connectivity index (χ1v) is 9.92. The van der Waals surface area contributed by atoms with Gasteiger partial charge in [-0.25, -0.2) is 0 Å². The van der Waals surface area contributed by atoms with Gasteiger partial charge >= 0.3 is 0 Å². The van der Waals surface area contributed by atoms with Crippen LogP contribution in [0.4, 0.5) is 0 Å². The Hall–Kier alpha value is -2.33. The lowest BCUT2D eigenvalue weighted by atomic mass is 10.1. The Morgan fingerprint density at radius 2 is 1.70 bits per heavy atom. The SMILES string of the molecule is Cc1ccc(OC[C@H](C)NC(=O)c2ccc(CN3CCCCC3)cc2)cc1. The number of hydrogen-bond donors (Lipinski definition) is 1. The number of hydrogen-bond acceptors (Lipinski definition) is 3. The first kappa shape index (κ1) is 19.4. The minimum atomic E-state index is -0.0631. The number of nitrogens with one attached hydrogen (secondary N) is 1. The molecule has 1 saturated heterocycles. The number of ether oxygens (including phenoxy) is 1. The van der Waals surface area contributed by atoms with Crippen molar-refractivity contribution in [3.05, 3.63) is 65.2 Å². The van der Waals surface area contributed by atoms with E-state index in [1.807, 2.05) is 50.2 Å². The molecule has 0 saturated carbocycles. The van der Waals surface area contributed by atoms with Gasteiger partial charge in [0.05, 0.1) is 6.04 Å². The summed E-state index contributed by atoms with van der Waals surface area (Å²) in [7, 11) is 0. The van der Waals surface area contributed by atoms with Crippen molar-refractivity contribution in [1.29, 1.82) is 0 Å². The smallest absolute Gasteiger partial charge is 0.251 e. The number of likely N-dealkylation sites (tertiary alicyclic amines) is 1. The van der Waals surface area contributed by atoms with Crippen LogP contribution in [-0.4, -0.2) is 36.5 Å². The maximum absolute atomic E-state index is 12.4. The highest BCUT2D eigenvalue weighted by atomic mass is 16.5. The lowest BCUT2D eigenvalue weighted by molar-refractivity contribution is 0.0926. The van der Waals surface area contributed by atoms with E-state index in [2.05, 4.69) is 22.3 Å². The number of aryl methyl sites for hydroxylation is 1. The predicted molar refractivity (Wildman–Crippen MR) is 109 cm³/mol. The molecule has 1 aliphatic heterocycles. The van der Waals surface area contributed by atoms with Gasteiger partial charge in [0.1, 0.15) is 12.4 Å². The Balaban J connectivity index is 1.45. The van der Waals surface area contributed by atoms with E-state index in [1.54, 1.807) is 0 Å². The molecule has 27 heavy (non-hydrogen) atoms. The van der Waals surface area contributed by atoms with Gasteiger partial charge in [-0.05, 0) is 69.6 Å². The van der Waals surface area contributed by atoms with Crippen LogP contribution >= 0.6 is 0 Å². The molecule has 1 aliphatic rings. The molecule has 1 heterocycles. The highest BCUT2D eigenvalue weighted by molar-refractivity contribution is 5.94. The summed E-state index contributed by atoms with van der Waals surface area (Å²) in [6.45, 7) is 7.78. The van der Waals surface area contributed by atoms with E-state index in [0.717, 1.165) is 12.3 Å². The molecule has 1 fully saturated rings. The number of piperidine rings is 1. The topological polar surface area (TPSA) is 41.6 Å². The first-order valence-electron chi connectivity index (χ1n) is 9.92. The van der Waals surface area contributed by atoms with Crippen LogP contribution < -0.4 is 10.1 Å². The lowest BCUT2D eigenvalue weighted by Crippen LogP contribution is -2.36. The molecule has 4 nitrogen and oxygen atoms in total. The molecule has 0 aromatic heterocycles. The van der Waals surface area contributed by atoms with E-state index in [9.17, 15) is 4.79 Å². The van der Waals surface area contributed by atoms with Crippen molar-refractivity contribution in [2.45, 2.75) is 45.7 Å². The molecule has 1 amide bonds. The van der Waals surface area contributed by atoms with Gasteiger partial charge in [0.15, 0.2) is 0 Å². The van der Waals surface area contributed by atoms with Crippen molar-refractivity contribution in [2.75, 3.05) is 19.7 Å². The molecule has 3 rings (SSSR count). The largest absolute Gasteiger partial charge is 0.491 e. The van der Waals surface area contributed by atoms with Crippen LogP contribution in [0.5, 0.6) is 5.75 Å². The van der Waals surface area contributed by atoms with Gasteiger partial charge in [-0.15, -0.1) is 0 Å². The second-order valence-corrected chi connectivity index (χ2v) is 7.53. The van der Waals surface area contributed by atoms with Crippen molar-refractivity contribution in [3.63, 3.8) is 0 Å². The molecule has 1 N–H and O–H groups in total. The molecule has 144 valence electrons. The molecular formula is C23H30N2O2. The summed E-state index contributed by atoms with van der Waals surface area (Å²) in [4.78, 5) is 14.9. The molecule has 0 radical (unpaired) electrons. The first-order chi connectivity index (χ1) is 13.1. The Morgan fingerprint density at radius 1 is 1.04 bits per heavy atom. The number of benzene rings is 2. The normalized spacial score (nSPS) is 15.9. The van der Waals surface area contributed by atoms with Gasteiger partial charge in [-0.3, -0.25) is 9.69 Å². The number of amides is 1. The number of carbonyl (C=O) groups is 1. The van der Waals surface area contributed by atoms with Gasteiger partial charge in [-0.2, -0.15) is 0 Å². The van der Waals surface area contributed by atoms with Gasteiger partial charge in [-0.1, -0.05) is 36.2 Å². The van der Waals surface area contributed by atoms with Crippen LogP contribution in [-0.2, 0) is 6.54 Å². The fraction of sp³-hybridized carbons (Fsp3) is 0.435. The summed E-state index contributed by atoms with van der Waals surface area (Å²) in [6.07, 6.45) is 3.94. The third kappa shape index (κ3) is 6.10. The lowest BCUT2D eigenvalue weighted by Gasteiger charge is -2.26. The van der Waals surface area contributed by atoms with Crippen molar-refractivity contribution >= 4 is 5.91 Å². The standard InChI is InChI=1S/C23H30N2O2/c1-18-6-12-22(13-7-18)27-17-19(2)24-23(26)21-10-8-20(9-11-21)16-25-14-4-3-5-15-25/h6-13,19H,3-5,14-17H2,1-2H3,(H,24,26)/t19-/m0/s1. The van der Waals surface area contributed by atoms with Gasteiger partial charge in [0.25, 0.3) is 5.91 Å². The minimum absolute atomic E-state index is 0.0560. The molecule has 0 unspecified atom stereocenters. The minimum Gasteiger partial charge on any atom is -0.491 e. The Labute approximate surface area is 162 Å². The highest BCUT2D eigenvalue weighted by Gasteiger charge is 2.13. The molecule has 4 heteroatoms. The third-order valence-electron chi connectivity index (χ3n) is 4.97. The van der Waals surface area contributed by atoms with Crippen LogP contribution in [0.2, 0.25) is 0 Å². The Morgan fingerprint density at radius 3 is 2.37 bits per heavy atom. The summed E-state index contributed by atoms with van der Waals surface area (Å²) in [5.41, 5.74) is 3.16. The quantitative estimate of drug-likeness (QED) is 0.799. The zero-order chi connectivity index (χ0) is 19.1. The zero-order valence-electron chi connectivity index (χ0n) is 16.4. The van der Waals surface area contributed by atoms with Crippen molar-refractivity contribution in [2.24, 2.45) is 0 Å². The van der Waals surface area contributed by atoms with Crippen LogP contribution in [0.1, 0.15) is 47.7 Å². The van der Waals surface area contributed by atoms with Gasteiger partial charge < -0.3 is 10.1 Å². The van der Waals surface area contributed by atoms with Gasteiger partial charge in [0, 0.05) is 12.1 Å². The predicted octanol–water partition coefficient (Wildman–Crippen LogP) is 4.18. The van der Waals surface area contributed by atoms with Crippen LogP contribution in [0.25, 0.3) is 0 Å². The van der Waals surface area contributed by atoms with Gasteiger partial charge in [0.2, 0.25) is 0 Å². The number of rotatable bonds is 7. The summed E-state index contributed by atoms with van der Waals surface area (Å²) in [5.74, 6) is 0.767. The van der Waals surface area contributed by atoms with E-state index in [1.165, 1.54) is 43.5 Å². The molecule has 0 aliphatic carbocycles. The Bertz CT molecular complexity index is 719. The highest BCUT2D eigenvalue weighted by Crippen LogP contribution is 2.14. The molecule has 2 aromatic rings. The third-order valence-corrected chi connectivity index (χ3v) is 4.97. The summed E-state index contributed by atoms with van der Waals surface area (Å²) in [5, 5.41) is 3.00. The summed E-state index contributed by atoms with van der Waals surface area (Å²) < 4.78 is 5.74. The van der Waals surface area contributed by atoms with E-state index in [0.29, 0.717) is 12.2 Å². The fourth-order valence-corrected chi connectivity index (χ4v) is 3.34.